The first kappa shape index (κ1) is 21.6. The van der Waals surface area contributed by atoms with Crippen LogP contribution in [0.5, 0.6) is 17.4 Å². The number of hydrogen-bond donors (Lipinski definition) is 0. The number of hydrogen-bond acceptors (Lipinski definition) is 7. The summed E-state index contributed by atoms with van der Waals surface area (Å²) in [5.41, 5.74) is 2.28. The van der Waals surface area contributed by atoms with E-state index in [1.165, 1.54) is 0 Å². The lowest BCUT2D eigenvalue weighted by molar-refractivity contribution is 0.0705. The van der Waals surface area contributed by atoms with Crippen molar-refractivity contribution in [2.24, 2.45) is 0 Å². The third kappa shape index (κ3) is 4.59. The van der Waals surface area contributed by atoms with Gasteiger partial charge in [0.15, 0.2) is 11.5 Å². The van der Waals surface area contributed by atoms with Gasteiger partial charge in [0, 0.05) is 36.5 Å². The summed E-state index contributed by atoms with van der Waals surface area (Å²) in [6.45, 7) is 1.28. The number of amides is 1. The van der Waals surface area contributed by atoms with Crippen LogP contribution < -0.4 is 9.47 Å². The van der Waals surface area contributed by atoms with Crippen LogP contribution in [0.2, 0.25) is 0 Å². The summed E-state index contributed by atoms with van der Waals surface area (Å²) in [7, 11) is 1.60. The van der Waals surface area contributed by atoms with Crippen molar-refractivity contribution in [2.75, 3.05) is 20.2 Å². The minimum absolute atomic E-state index is 0.00555. The van der Waals surface area contributed by atoms with Crippen LogP contribution in [0, 0.1) is 0 Å². The molecule has 2 aromatic carbocycles. The van der Waals surface area contributed by atoms with Gasteiger partial charge >= 0.3 is 0 Å². The molecule has 9 nitrogen and oxygen atoms in total. The van der Waals surface area contributed by atoms with E-state index >= 15 is 0 Å². The van der Waals surface area contributed by atoms with Crippen molar-refractivity contribution in [3.05, 3.63) is 84.8 Å². The highest BCUT2D eigenvalue weighted by Gasteiger charge is 2.27. The first-order valence-electron chi connectivity index (χ1n) is 11.1. The number of rotatable bonds is 6. The quantitative estimate of drug-likeness (QED) is 0.434. The highest BCUT2D eigenvalue weighted by molar-refractivity contribution is 5.94. The molecule has 1 amide bonds. The number of piperidine rings is 1. The van der Waals surface area contributed by atoms with Gasteiger partial charge in [-0.1, -0.05) is 18.2 Å². The van der Waals surface area contributed by atoms with Crippen molar-refractivity contribution in [3.8, 4) is 23.1 Å². The van der Waals surface area contributed by atoms with E-state index in [0.29, 0.717) is 36.0 Å². The van der Waals surface area contributed by atoms with Crippen molar-refractivity contribution in [3.63, 3.8) is 0 Å². The van der Waals surface area contributed by atoms with Gasteiger partial charge in [0.2, 0.25) is 5.88 Å². The molecule has 34 heavy (non-hydrogen) atoms. The average Bonchev–Trinajstić information content (AvgIpc) is 3.44. The minimum Gasteiger partial charge on any atom is -0.493 e. The third-order valence-electron chi connectivity index (χ3n) is 5.85. The average molecular weight is 457 g/mol. The van der Waals surface area contributed by atoms with E-state index in [1.54, 1.807) is 36.7 Å². The minimum atomic E-state index is -0.00555. The van der Waals surface area contributed by atoms with Gasteiger partial charge in [0.05, 0.1) is 19.0 Å². The zero-order valence-electron chi connectivity index (χ0n) is 18.7. The number of ether oxygens (including phenoxy) is 2. The van der Waals surface area contributed by atoms with Crippen LogP contribution >= 0.6 is 0 Å². The van der Waals surface area contributed by atoms with Crippen LogP contribution in [0.3, 0.4) is 0 Å². The molecular formula is C25H24N6O3. The Morgan fingerprint density at radius 1 is 1.03 bits per heavy atom. The number of benzene rings is 2. The van der Waals surface area contributed by atoms with Gasteiger partial charge in [-0.15, -0.1) is 10.2 Å². The highest BCUT2D eigenvalue weighted by Crippen LogP contribution is 2.32. The van der Waals surface area contributed by atoms with Gasteiger partial charge in [0.25, 0.3) is 5.91 Å². The maximum Gasteiger partial charge on any atom is 0.253 e. The monoisotopic (exact) mass is 456 g/mol. The molecule has 3 heterocycles. The molecule has 1 fully saturated rings. The molecule has 1 saturated heterocycles. The maximum absolute atomic E-state index is 13.3. The van der Waals surface area contributed by atoms with Gasteiger partial charge in [-0.05, 0) is 43.2 Å². The zero-order chi connectivity index (χ0) is 23.3. The summed E-state index contributed by atoms with van der Waals surface area (Å²) in [5, 5.41) is 7.67. The Morgan fingerprint density at radius 2 is 1.85 bits per heavy atom. The number of carbonyl (C=O) groups excluding carboxylic acids is 1. The third-order valence-corrected chi connectivity index (χ3v) is 5.85. The summed E-state index contributed by atoms with van der Waals surface area (Å²) in [4.78, 5) is 24.2. The molecule has 1 atom stereocenters. The topological polar surface area (TPSA) is 95.3 Å². The first-order chi connectivity index (χ1) is 16.7. The lowest BCUT2D eigenvalue weighted by Gasteiger charge is -2.32. The van der Waals surface area contributed by atoms with E-state index in [2.05, 4.69) is 20.2 Å². The van der Waals surface area contributed by atoms with Crippen LogP contribution in [-0.4, -0.2) is 55.7 Å². The Balaban J connectivity index is 1.31. The fourth-order valence-corrected chi connectivity index (χ4v) is 4.14. The summed E-state index contributed by atoms with van der Waals surface area (Å²) < 4.78 is 13.1. The van der Waals surface area contributed by atoms with E-state index < -0.39 is 0 Å². The normalized spacial score (nSPS) is 15.7. The van der Waals surface area contributed by atoms with E-state index in [0.717, 1.165) is 24.2 Å². The Bertz CT molecular complexity index is 1280. The standard InChI is InChI=1S/C25H24N6O3/c1-33-22-9-2-3-10-23(22)34-24-14-26-13-21(29-24)19-7-5-11-30(15-19)25(32)18-6-4-8-20(12-18)31-16-27-28-17-31/h2-4,6,8-10,12-14,16-17,19H,5,7,11,15H2,1H3. The molecule has 2 aromatic heterocycles. The Hall–Kier alpha value is -4.27. The number of carbonyl (C=O) groups is 1. The van der Waals surface area contributed by atoms with Gasteiger partial charge in [0.1, 0.15) is 12.7 Å². The Morgan fingerprint density at radius 3 is 2.68 bits per heavy atom. The summed E-state index contributed by atoms with van der Waals surface area (Å²) in [6, 6.07) is 14.9. The largest absolute Gasteiger partial charge is 0.493 e. The molecule has 0 aliphatic carbocycles. The van der Waals surface area contributed by atoms with Crippen LogP contribution in [0.15, 0.2) is 73.6 Å². The van der Waals surface area contributed by atoms with Crippen molar-refractivity contribution in [2.45, 2.75) is 18.8 Å². The van der Waals surface area contributed by atoms with Gasteiger partial charge in [-0.3, -0.25) is 14.3 Å². The number of likely N-dealkylation sites (tertiary alicyclic amines) is 1. The van der Waals surface area contributed by atoms with Crippen LogP contribution in [0.1, 0.15) is 34.8 Å². The van der Waals surface area contributed by atoms with Gasteiger partial charge < -0.3 is 14.4 Å². The summed E-state index contributed by atoms with van der Waals surface area (Å²) >= 11 is 0. The molecule has 0 saturated carbocycles. The van der Waals surface area contributed by atoms with E-state index in [4.69, 9.17) is 9.47 Å². The SMILES string of the molecule is COc1ccccc1Oc1cncc(C2CCCN(C(=O)c3cccc(-n4cnnc4)c3)C2)n1. The molecule has 1 unspecified atom stereocenters. The van der Waals surface area contributed by atoms with E-state index in [9.17, 15) is 4.79 Å². The molecule has 4 aromatic rings. The number of nitrogens with zero attached hydrogens (tertiary/aromatic N) is 6. The second kappa shape index (κ2) is 9.70. The maximum atomic E-state index is 13.3. The number of aromatic nitrogens is 5. The first-order valence-corrected chi connectivity index (χ1v) is 11.1. The van der Waals surface area contributed by atoms with Gasteiger partial charge in [-0.2, -0.15) is 0 Å². The summed E-state index contributed by atoms with van der Waals surface area (Å²) in [5.74, 6) is 1.66. The molecule has 0 radical (unpaired) electrons. The second-order valence-electron chi connectivity index (χ2n) is 8.04. The van der Waals surface area contributed by atoms with Crippen LogP contribution in [0.25, 0.3) is 5.69 Å². The lowest BCUT2D eigenvalue weighted by Crippen LogP contribution is -2.39. The molecular weight excluding hydrogens is 432 g/mol. The molecule has 0 spiro atoms. The molecule has 172 valence electrons. The second-order valence-corrected chi connectivity index (χ2v) is 8.04. The van der Waals surface area contributed by atoms with Crippen molar-refractivity contribution >= 4 is 5.91 Å². The van der Waals surface area contributed by atoms with E-state index in [1.807, 2.05) is 53.4 Å². The molecule has 9 heteroatoms. The Labute approximate surface area is 197 Å². The summed E-state index contributed by atoms with van der Waals surface area (Å²) in [6.07, 6.45) is 8.37. The van der Waals surface area contributed by atoms with Crippen molar-refractivity contribution < 1.29 is 14.3 Å². The number of para-hydroxylation sites is 2. The van der Waals surface area contributed by atoms with Crippen molar-refractivity contribution in [1.82, 2.24) is 29.6 Å². The molecule has 1 aliphatic heterocycles. The van der Waals surface area contributed by atoms with Crippen molar-refractivity contribution in [1.29, 1.82) is 0 Å². The molecule has 5 rings (SSSR count). The van der Waals surface area contributed by atoms with Gasteiger partial charge in [-0.25, -0.2) is 4.98 Å². The molecule has 0 N–H and O–H groups in total. The molecule has 0 bridgehead atoms. The predicted molar refractivity (Wildman–Crippen MR) is 124 cm³/mol. The highest BCUT2D eigenvalue weighted by atomic mass is 16.5. The lowest BCUT2D eigenvalue weighted by atomic mass is 9.94. The Kier molecular flexibility index (Phi) is 6.15. The number of methoxy groups -OCH3 is 1. The fourth-order valence-electron chi connectivity index (χ4n) is 4.14. The van der Waals surface area contributed by atoms with Crippen LogP contribution in [0.4, 0.5) is 0 Å². The van der Waals surface area contributed by atoms with Crippen LogP contribution in [-0.2, 0) is 0 Å². The fraction of sp³-hybridized carbons (Fsp3) is 0.240. The smallest absolute Gasteiger partial charge is 0.253 e. The predicted octanol–water partition coefficient (Wildman–Crippen LogP) is 3.88. The molecule has 1 aliphatic rings. The zero-order valence-corrected chi connectivity index (χ0v) is 18.7. The van der Waals surface area contributed by atoms with E-state index in [-0.39, 0.29) is 11.8 Å².